The van der Waals surface area contributed by atoms with Crippen molar-refractivity contribution in [2.24, 2.45) is 0 Å². The molecule has 0 fully saturated rings. The zero-order valence-corrected chi connectivity index (χ0v) is 15.5. The third kappa shape index (κ3) is 6.30. The van der Waals surface area contributed by atoms with Gasteiger partial charge in [-0.15, -0.1) is 0 Å². The molecule has 0 aromatic carbocycles. The van der Waals surface area contributed by atoms with E-state index in [-0.39, 0.29) is 0 Å². The molecule has 0 saturated carbocycles. The lowest BCUT2D eigenvalue weighted by Gasteiger charge is -2.41. The molecule has 0 aromatic heterocycles. The molecular formula is C11HF23O3. The SMILES string of the molecule is F[C@H](OC(F)(F)[C@@](F)(OC(F)(F)[C@@](F)(OC(F)(F)C(F)(F)C(F)(F)F)C(F)(F)F)C(F)(F)F)C(F)(F)F. The van der Waals surface area contributed by atoms with Gasteiger partial charge in [-0.2, -0.15) is 96.6 Å². The fourth-order valence-corrected chi connectivity index (χ4v) is 1.49. The quantitative estimate of drug-likeness (QED) is 0.254. The van der Waals surface area contributed by atoms with Gasteiger partial charge in [-0.05, 0) is 0 Å². The topological polar surface area (TPSA) is 27.7 Å². The molecule has 37 heavy (non-hydrogen) atoms. The number of hydrogen-bond donors (Lipinski definition) is 0. The Labute approximate surface area is 184 Å². The van der Waals surface area contributed by atoms with Crippen LogP contribution in [0.5, 0.6) is 0 Å². The van der Waals surface area contributed by atoms with E-state index in [2.05, 4.69) is 0 Å². The van der Waals surface area contributed by atoms with Gasteiger partial charge in [0, 0.05) is 0 Å². The smallest absolute Gasteiger partial charge is 0.272 e. The van der Waals surface area contributed by atoms with Gasteiger partial charge >= 0.3 is 60.7 Å². The summed E-state index contributed by atoms with van der Waals surface area (Å²) in [5.74, 6) is -25.1. The van der Waals surface area contributed by atoms with Gasteiger partial charge in [-0.1, -0.05) is 0 Å². The van der Waals surface area contributed by atoms with Gasteiger partial charge in [0.15, 0.2) is 0 Å². The minimum absolute atomic E-state index is 1.01. The number of ether oxygens (including phenoxy) is 3. The van der Waals surface area contributed by atoms with Crippen molar-refractivity contribution in [3.63, 3.8) is 0 Å². The molecule has 0 aliphatic carbocycles. The first-order valence-corrected chi connectivity index (χ1v) is 7.42. The Morgan fingerprint density at radius 3 is 0.946 bits per heavy atom. The second-order valence-corrected chi connectivity index (χ2v) is 5.99. The van der Waals surface area contributed by atoms with E-state index in [9.17, 15) is 101 Å². The Bertz CT molecular complexity index is 790. The summed E-state index contributed by atoms with van der Waals surface area (Å²) in [6.45, 7) is 0. The molecule has 0 aromatic rings. The molecule has 0 bridgehead atoms. The normalized spacial score (nSPS) is 19.9. The monoisotopic (exact) mass is 618 g/mol. The Hall–Kier alpha value is -1.73. The summed E-state index contributed by atoms with van der Waals surface area (Å²) in [6, 6.07) is 0. The zero-order valence-electron chi connectivity index (χ0n) is 15.5. The molecule has 0 saturated heterocycles. The predicted octanol–water partition coefficient (Wildman–Crippen LogP) is 7.33. The molecule has 3 atom stereocenters. The summed E-state index contributed by atoms with van der Waals surface area (Å²) < 4.78 is 295. The minimum atomic E-state index is -8.60. The van der Waals surface area contributed by atoms with E-state index in [1.807, 2.05) is 0 Å². The van der Waals surface area contributed by atoms with Crippen molar-refractivity contribution in [3.8, 4) is 0 Å². The molecule has 0 rings (SSSR count). The molecule has 224 valence electrons. The van der Waals surface area contributed by atoms with E-state index in [0.717, 1.165) is 9.47 Å². The van der Waals surface area contributed by atoms with Crippen molar-refractivity contribution in [3.05, 3.63) is 0 Å². The average molecular weight is 618 g/mol. The Kier molecular flexibility index (Phi) is 8.75. The van der Waals surface area contributed by atoms with E-state index < -0.39 is 67.0 Å². The van der Waals surface area contributed by atoms with Crippen molar-refractivity contribution < 1.29 is 115 Å². The van der Waals surface area contributed by atoms with E-state index >= 15 is 0 Å². The van der Waals surface area contributed by atoms with Crippen LogP contribution in [0.15, 0.2) is 0 Å². The molecule has 0 spiro atoms. The van der Waals surface area contributed by atoms with Crippen LogP contribution in [0.1, 0.15) is 0 Å². The molecule has 0 aliphatic heterocycles. The summed E-state index contributed by atoms with van der Waals surface area (Å²) >= 11 is 0. The lowest BCUT2D eigenvalue weighted by molar-refractivity contribution is -0.575. The fourth-order valence-electron chi connectivity index (χ4n) is 1.49. The average Bonchev–Trinajstić information content (AvgIpc) is 2.56. The van der Waals surface area contributed by atoms with Crippen molar-refractivity contribution in [2.75, 3.05) is 0 Å². The van der Waals surface area contributed by atoms with Crippen molar-refractivity contribution in [2.45, 2.75) is 67.0 Å². The van der Waals surface area contributed by atoms with Crippen molar-refractivity contribution in [1.29, 1.82) is 0 Å². The molecular weight excluding hydrogens is 617 g/mol. The first-order chi connectivity index (χ1) is 15.5. The highest BCUT2D eigenvalue weighted by Crippen LogP contribution is 2.58. The van der Waals surface area contributed by atoms with Gasteiger partial charge in [0.2, 0.25) is 0 Å². The van der Waals surface area contributed by atoms with Gasteiger partial charge in [-0.3, -0.25) is 14.2 Å². The third-order valence-corrected chi connectivity index (χ3v) is 3.25. The summed E-state index contributed by atoms with van der Waals surface area (Å²) in [5, 5.41) is 0. The molecule has 0 N–H and O–H groups in total. The Morgan fingerprint density at radius 1 is 0.378 bits per heavy atom. The molecule has 0 unspecified atom stereocenters. The van der Waals surface area contributed by atoms with Crippen LogP contribution in [0, 0.1) is 0 Å². The van der Waals surface area contributed by atoms with Crippen LogP contribution < -0.4 is 0 Å². The predicted molar refractivity (Wildman–Crippen MR) is 59.8 cm³/mol. The minimum Gasteiger partial charge on any atom is -0.272 e. The highest BCUT2D eigenvalue weighted by atomic mass is 19.4. The highest BCUT2D eigenvalue weighted by Gasteiger charge is 2.87. The maximum Gasteiger partial charge on any atom is 0.462 e. The Morgan fingerprint density at radius 2 is 0.676 bits per heavy atom. The molecule has 0 radical (unpaired) electrons. The van der Waals surface area contributed by atoms with E-state index in [0.29, 0.717) is 0 Å². The summed E-state index contributed by atoms with van der Waals surface area (Å²) in [5.41, 5.74) is 0. The number of rotatable bonds is 9. The van der Waals surface area contributed by atoms with Gasteiger partial charge in [0.05, 0.1) is 0 Å². The van der Waals surface area contributed by atoms with E-state index in [4.69, 9.17) is 0 Å². The zero-order chi connectivity index (χ0) is 30.7. The molecule has 0 amide bonds. The second kappa shape index (κ2) is 9.18. The van der Waals surface area contributed by atoms with Gasteiger partial charge < -0.3 is 0 Å². The van der Waals surface area contributed by atoms with Crippen LogP contribution in [0.25, 0.3) is 0 Å². The maximum absolute atomic E-state index is 13.8. The summed E-state index contributed by atoms with van der Waals surface area (Å²) in [4.78, 5) is 0. The second-order valence-electron chi connectivity index (χ2n) is 5.99. The first-order valence-electron chi connectivity index (χ1n) is 7.42. The molecule has 3 nitrogen and oxygen atoms in total. The lowest BCUT2D eigenvalue weighted by atomic mass is 10.2. The number of hydrogen-bond acceptors (Lipinski definition) is 3. The highest BCUT2D eigenvalue weighted by molar-refractivity contribution is 4.96. The Balaban J connectivity index is 6.96. The maximum atomic E-state index is 13.8. The summed E-state index contributed by atoms with van der Waals surface area (Å²) in [6.07, 6.45) is -61.9. The van der Waals surface area contributed by atoms with Crippen molar-refractivity contribution in [1.82, 2.24) is 0 Å². The van der Waals surface area contributed by atoms with Gasteiger partial charge in [0.1, 0.15) is 0 Å². The third-order valence-electron chi connectivity index (χ3n) is 3.25. The van der Waals surface area contributed by atoms with Crippen LogP contribution in [0.2, 0.25) is 0 Å². The molecule has 0 aliphatic rings. The number of alkyl halides is 23. The van der Waals surface area contributed by atoms with E-state index in [1.54, 1.807) is 0 Å². The van der Waals surface area contributed by atoms with Crippen LogP contribution in [0.3, 0.4) is 0 Å². The first kappa shape index (κ1) is 35.3. The van der Waals surface area contributed by atoms with Crippen LogP contribution in [-0.2, 0) is 14.2 Å². The van der Waals surface area contributed by atoms with Crippen molar-refractivity contribution >= 4 is 0 Å². The van der Waals surface area contributed by atoms with Crippen LogP contribution in [0.4, 0.5) is 101 Å². The van der Waals surface area contributed by atoms with Crippen LogP contribution >= 0.6 is 0 Å². The largest absolute Gasteiger partial charge is 0.462 e. The van der Waals surface area contributed by atoms with Gasteiger partial charge in [0.25, 0.3) is 6.36 Å². The summed E-state index contributed by atoms with van der Waals surface area (Å²) in [7, 11) is 0. The number of halogens is 23. The standard InChI is InChI=1S/C11HF23O3/c12-1(2(13,14)15)35-10(31,32)4(18,7(23,24)25)37-11(33,34)5(19,8(26,27)28)36-9(29,30)3(16,17)6(20,21)22/h1H/t1-,4+,5+/m1/s1. The van der Waals surface area contributed by atoms with Crippen LogP contribution in [-0.4, -0.2) is 67.0 Å². The molecule has 26 heteroatoms. The molecule has 0 heterocycles. The lowest BCUT2D eigenvalue weighted by Crippen LogP contribution is -2.70. The van der Waals surface area contributed by atoms with Gasteiger partial charge in [-0.25, -0.2) is 4.39 Å². The fraction of sp³-hybridized carbons (Fsp3) is 1.00. The van der Waals surface area contributed by atoms with E-state index in [1.165, 1.54) is 4.74 Å².